The molecule has 0 saturated carbocycles. The molecule has 7 heteroatoms. The number of halogens is 2. The van der Waals surface area contributed by atoms with Gasteiger partial charge in [0.15, 0.2) is 0 Å². The Bertz CT molecular complexity index is 722. The number of hydrogen-bond donors (Lipinski definition) is 1. The molecule has 0 bridgehead atoms. The van der Waals surface area contributed by atoms with Crippen molar-refractivity contribution in [3.05, 3.63) is 57.5 Å². The Morgan fingerprint density at radius 1 is 1.22 bits per heavy atom. The van der Waals surface area contributed by atoms with Gasteiger partial charge in [-0.3, -0.25) is 4.79 Å². The van der Waals surface area contributed by atoms with Crippen LogP contribution in [0, 0.1) is 0 Å². The zero-order valence-electron chi connectivity index (χ0n) is 12.1. The molecule has 0 unspecified atom stereocenters. The highest BCUT2D eigenvalue weighted by Gasteiger charge is 2.14. The van der Waals surface area contributed by atoms with Crippen LogP contribution >= 0.6 is 39.3 Å². The van der Waals surface area contributed by atoms with Gasteiger partial charge in [-0.25, -0.2) is 4.79 Å². The summed E-state index contributed by atoms with van der Waals surface area (Å²) in [6, 6.07) is 12.3. The summed E-state index contributed by atoms with van der Waals surface area (Å²) >= 11 is 10.6. The Labute approximate surface area is 151 Å². The van der Waals surface area contributed by atoms with Gasteiger partial charge in [0.25, 0.3) is 0 Å². The molecular formula is C16H13BrClNO3S. The van der Waals surface area contributed by atoms with E-state index in [2.05, 4.69) is 21.2 Å². The number of ether oxygens (including phenoxy) is 1. The fourth-order valence-electron chi connectivity index (χ4n) is 1.77. The largest absolute Gasteiger partial charge is 0.465 e. The van der Waals surface area contributed by atoms with E-state index < -0.39 is 5.97 Å². The van der Waals surface area contributed by atoms with Crippen molar-refractivity contribution in [2.75, 3.05) is 18.2 Å². The monoisotopic (exact) mass is 413 g/mol. The van der Waals surface area contributed by atoms with Crippen LogP contribution in [0.4, 0.5) is 5.69 Å². The molecule has 23 heavy (non-hydrogen) atoms. The fraction of sp³-hybridized carbons (Fsp3) is 0.125. The zero-order chi connectivity index (χ0) is 16.8. The van der Waals surface area contributed by atoms with Crippen LogP contribution in [0.5, 0.6) is 0 Å². The zero-order valence-corrected chi connectivity index (χ0v) is 15.3. The number of amides is 1. The van der Waals surface area contributed by atoms with Crippen molar-refractivity contribution >= 4 is 56.9 Å². The molecule has 0 aliphatic rings. The molecule has 0 aromatic heterocycles. The summed E-state index contributed by atoms with van der Waals surface area (Å²) in [5.74, 6) is -0.543. The van der Waals surface area contributed by atoms with Crippen LogP contribution in [0.3, 0.4) is 0 Å². The Morgan fingerprint density at radius 3 is 2.57 bits per heavy atom. The van der Waals surface area contributed by atoms with Gasteiger partial charge in [0.2, 0.25) is 5.91 Å². The van der Waals surface area contributed by atoms with Gasteiger partial charge >= 0.3 is 5.97 Å². The van der Waals surface area contributed by atoms with Gasteiger partial charge in [0.1, 0.15) is 0 Å². The van der Waals surface area contributed by atoms with Gasteiger partial charge < -0.3 is 10.1 Å². The quantitative estimate of drug-likeness (QED) is 0.573. The van der Waals surface area contributed by atoms with Crippen molar-refractivity contribution in [2.24, 2.45) is 0 Å². The average molecular weight is 415 g/mol. The first-order valence-electron chi connectivity index (χ1n) is 6.55. The first-order valence-corrected chi connectivity index (χ1v) is 8.71. The van der Waals surface area contributed by atoms with Crippen molar-refractivity contribution < 1.29 is 14.3 Å². The number of rotatable bonds is 5. The lowest BCUT2D eigenvalue weighted by Gasteiger charge is -2.10. The number of nitrogens with one attached hydrogen (secondary N) is 1. The van der Waals surface area contributed by atoms with E-state index in [0.29, 0.717) is 10.7 Å². The van der Waals surface area contributed by atoms with Crippen molar-refractivity contribution in [1.29, 1.82) is 0 Å². The molecule has 0 spiro atoms. The number of thioether (sulfide) groups is 1. The van der Waals surface area contributed by atoms with E-state index in [0.717, 1.165) is 9.37 Å². The molecule has 0 heterocycles. The number of anilines is 1. The lowest BCUT2D eigenvalue weighted by atomic mass is 10.2. The van der Waals surface area contributed by atoms with Gasteiger partial charge in [0.05, 0.1) is 24.1 Å². The summed E-state index contributed by atoms with van der Waals surface area (Å²) in [5.41, 5.74) is 0.602. The highest BCUT2D eigenvalue weighted by atomic mass is 79.9. The molecule has 2 rings (SSSR count). The third-order valence-corrected chi connectivity index (χ3v) is 4.62. The van der Waals surface area contributed by atoms with Gasteiger partial charge in [-0.15, -0.1) is 11.8 Å². The average Bonchev–Trinajstić information content (AvgIpc) is 2.55. The van der Waals surface area contributed by atoms with Crippen LogP contribution in [0.1, 0.15) is 10.4 Å². The number of benzene rings is 2. The Kier molecular flexibility index (Phi) is 6.50. The van der Waals surface area contributed by atoms with Crippen molar-refractivity contribution in [3.8, 4) is 0 Å². The minimum Gasteiger partial charge on any atom is -0.465 e. The van der Waals surface area contributed by atoms with E-state index in [1.54, 1.807) is 12.1 Å². The summed E-state index contributed by atoms with van der Waals surface area (Å²) in [5, 5.41) is 3.10. The van der Waals surface area contributed by atoms with Crippen LogP contribution in [0.2, 0.25) is 5.02 Å². The molecule has 1 N–H and O–H groups in total. The summed E-state index contributed by atoms with van der Waals surface area (Å²) in [4.78, 5) is 24.8. The minimum absolute atomic E-state index is 0.217. The SMILES string of the molecule is COC(=O)c1cc(Cl)ccc1NC(=O)CSc1ccc(Br)cc1. The van der Waals surface area contributed by atoms with Crippen molar-refractivity contribution in [3.63, 3.8) is 0 Å². The molecule has 0 radical (unpaired) electrons. The summed E-state index contributed by atoms with van der Waals surface area (Å²) < 4.78 is 5.68. The predicted octanol–water partition coefficient (Wildman–Crippen LogP) is 4.62. The maximum atomic E-state index is 12.1. The molecule has 0 atom stereocenters. The number of hydrogen-bond acceptors (Lipinski definition) is 4. The van der Waals surface area contributed by atoms with Crippen LogP contribution < -0.4 is 5.32 Å². The second-order valence-corrected chi connectivity index (χ2v) is 6.87. The second kappa shape index (κ2) is 8.38. The molecular weight excluding hydrogens is 402 g/mol. The molecule has 0 fully saturated rings. The lowest BCUT2D eigenvalue weighted by Crippen LogP contribution is -2.17. The highest BCUT2D eigenvalue weighted by molar-refractivity contribution is 9.10. The number of esters is 1. The molecule has 0 aliphatic carbocycles. The topological polar surface area (TPSA) is 55.4 Å². The maximum Gasteiger partial charge on any atom is 0.340 e. The Morgan fingerprint density at radius 2 is 1.91 bits per heavy atom. The van der Waals surface area contributed by atoms with Gasteiger partial charge in [-0.05, 0) is 42.5 Å². The van der Waals surface area contributed by atoms with Gasteiger partial charge in [-0.2, -0.15) is 0 Å². The maximum absolute atomic E-state index is 12.1. The standard InChI is InChI=1S/C16H13BrClNO3S/c1-22-16(21)13-8-11(18)4-7-14(13)19-15(20)9-23-12-5-2-10(17)3-6-12/h2-8H,9H2,1H3,(H,19,20). The van der Waals surface area contributed by atoms with E-state index in [1.807, 2.05) is 24.3 Å². The first kappa shape index (κ1) is 17.8. The van der Waals surface area contributed by atoms with Crippen molar-refractivity contribution in [1.82, 2.24) is 0 Å². The first-order chi connectivity index (χ1) is 11.0. The van der Waals surface area contributed by atoms with Crippen LogP contribution in [-0.4, -0.2) is 24.7 Å². The Balaban J connectivity index is 2.02. The number of methoxy groups -OCH3 is 1. The van der Waals surface area contributed by atoms with E-state index in [1.165, 1.54) is 24.9 Å². The molecule has 2 aromatic rings. The van der Waals surface area contributed by atoms with Crippen molar-refractivity contribution in [2.45, 2.75) is 4.90 Å². The van der Waals surface area contributed by atoms with E-state index in [-0.39, 0.29) is 17.2 Å². The molecule has 0 saturated heterocycles. The Hall–Kier alpha value is -1.50. The molecule has 1 amide bonds. The molecule has 4 nitrogen and oxygen atoms in total. The molecule has 0 aliphatic heterocycles. The van der Waals surface area contributed by atoms with E-state index in [9.17, 15) is 9.59 Å². The highest BCUT2D eigenvalue weighted by Crippen LogP contribution is 2.23. The summed E-state index contributed by atoms with van der Waals surface area (Å²) in [6.07, 6.45) is 0. The third-order valence-electron chi connectivity index (χ3n) is 2.84. The lowest BCUT2D eigenvalue weighted by molar-refractivity contribution is -0.113. The second-order valence-electron chi connectivity index (χ2n) is 4.47. The predicted molar refractivity (Wildman–Crippen MR) is 96.3 cm³/mol. The summed E-state index contributed by atoms with van der Waals surface area (Å²) in [6.45, 7) is 0. The van der Waals surface area contributed by atoms with Crippen LogP contribution in [-0.2, 0) is 9.53 Å². The normalized spacial score (nSPS) is 10.2. The van der Waals surface area contributed by atoms with Gasteiger partial charge in [0, 0.05) is 14.4 Å². The fourth-order valence-corrected chi connectivity index (χ4v) is 2.91. The molecule has 2 aromatic carbocycles. The smallest absolute Gasteiger partial charge is 0.340 e. The third kappa shape index (κ3) is 5.27. The molecule has 120 valence electrons. The van der Waals surface area contributed by atoms with Crippen LogP contribution in [0.25, 0.3) is 0 Å². The van der Waals surface area contributed by atoms with Gasteiger partial charge in [-0.1, -0.05) is 27.5 Å². The summed E-state index contributed by atoms with van der Waals surface area (Å²) in [7, 11) is 1.28. The number of carbonyl (C=O) groups is 2. The number of carbonyl (C=O) groups excluding carboxylic acids is 2. The minimum atomic E-state index is -0.552. The van der Waals surface area contributed by atoms with Crippen LogP contribution in [0.15, 0.2) is 51.8 Å². The van der Waals surface area contributed by atoms with E-state index in [4.69, 9.17) is 16.3 Å². The van der Waals surface area contributed by atoms with E-state index >= 15 is 0 Å².